The molecule has 0 bridgehead atoms. The lowest BCUT2D eigenvalue weighted by Crippen LogP contribution is -2.45. The number of nitrogens with zero attached hydrogens (tertiary/aromatic N) is 2. The molecule has 35 heavy (non-hydrogen) atoms. The molecule has 9 heteroatoms. The van der Waals surface area contributed by atoms with Crippen molar-refractivity contribution in [3.8, 4) is 5.75 Å². The highest BCUT2D eigenvalue weighted by atomic mass is 32.2. The molecule has 0 aliphatic carbocycles. The van der Waals surface area contributed by atoms with Crippen LogP contribution in [0.5, 0.6) is 5.75 Å². The lowest BCUT2D eigenvalue weighted by molar-refractivity contribution is -0.125. The number of nitrogens with one attached hydrogen (secondary N) is 1. The molecule has 4 rings (SSSR count). The number of anilines is 1. The summed E-state index contributed by atoms with van der Waals surface area (Å²) in [6.45, 7) is 5.14. The molecular formula is C26H33N3O5S. The van der Waals surface area contributed by atoms with Crippen LogP contribution in [-0.2, 0) is 26.0 Å². The molecule has 1 saturated heterocycles. The second-order valence-corrected chi connectivity index (χ2v) is 11.5. The second kappa shape index (κ2) is 10.8. The van der Waals surface area contributed by atoms with Gasteiger partial charge in [-0.1, -0.05) is 44.2 Å². The molecule has 0 unspecified atom stereocenters. The number of benzene rings is 2. The number of amides is 2. The summed E-state index contributed by atoms with van der Waals surface area (Å²) in [6.07, 6.45) is 2.61. The maximum Gasteiger partial charge on any atom is 0.265 e. The van der Waals surface area contributed by atoms with E-state index in [1.807, 2.05) is 30.3 Å². The molecule has 2 amide bonds. The van der Waals surface area contributed by atoms with Crippen LogP contribution in [0.1, 0.15) is 32.3 Å². The summed E-state index contributed by atoms with van der Waals surface area (Å²) in [4.78, 5) is 26.6. The average Bonchev–Trinajstić information content (AvgIpc) is 2.83. The van der Waals surface area contributed by atoms with Crippen molar-refractivity contribution in [2.45, 2.75) is 38.0 Å². The Kier molecular flexibility index (Phi) is 7.76. The maximum atomic E-state index is 13.4. The van der Waals surface area contributed by atoms with Gasteiger partial charge in [-0.25, -0.2) is 8.42 Å². The first-order valence-electron chi connectivity index (χ1n) is 12.1. The molecule has 0 radical (unpaired) electrons. The summed E-state index contributed by atoms with van der Waals surface area (Å²) in [5.74, 6) is 0.259. The van der Waals surface area contributed by atoms with Crippen LogP contribution in [0, 0.1) is 11.8 Å². The highest BCUT2D eigenvalue weighted by Crippen LogP contribution is 2.36. The number of hydrogen-bond acceptors (Lipinski definition) is 5. The Hall–Kier alpha value is -2.91. The molecule has 1 fully saturated rings. The zero-order chi connectivity index (χ0) is 25.0. The van der Waals surface area contributed by atoms with Gasteiger partial charge in [-0.15, -0.1) is 0 Å². The third-order valence-corrected chi connectivity index (χ3v) is 8.28. The SMILES string of the molecule is C[C@@H]1C[C@@H](C)CN(S(=O)(=O)c2ccc3c(c2)N(CC(=O)NCCCc2ccccc2)C(=O)CO3)C1. The van der Waals surface area contributed by atoms with E-state index in [0.29, 0.717) is 31.1 Å². The Morgan fingerprint density at radius 1 is 1.09 bits per heavy atom. The number of rotatable bonds is 8. The van der Waals surface area contributed by atoms with Crippen LogP contribution in [-0.4, -0.2) is 57.3 Å². The van der Waals surface area contributed by atoms with E-state index in [4.69, 9.17) is 4.74 Å². The first-order chi connectivity index (χ1) is 16.7. The van der Waals surface area contributed by atoms with Crippen LogP contribution < -0.4 is 15.0 Å². The third-order valence-electron chi connectivity index (χ3n) is 6.46. The van der Waals surface area contributed by atoms with Crippen molar-refractivity contribution in [2.24, 2.45) is 11.8 Å². The van der Waals surface area contributed by atoms with Gasteiger partial charge in [0.1, 0.15) is 12.3 Å². The van der Waals surface area contributed by atoms with E-state index in [-0.39, 0.29) is 41.7 Å². The Morgan fingerprint density at radius 2 is 1.80 bits per heavy atom. The molecule has 188 valence electrons. The summed E-state index contributed by atoms with van der Waals surface area (Å²) in [7, 11) is -3.74. The Balaban J connectivity index is 1.44. The molecule has 2 atom stereocenters. The fourth-order valence-corrected chi connectivity index (χ4v) is 6.53. The first kappa shape index (κ1) is 25.2. The largest absolute Gasteiger partial charge is 0.482 e. The standard InChI is InChI=1S/C26H33N3O5S/c1-19-13-20(2)16-28(15-19)35(32,33)22-10-11-24-23(14-22)29(26(31)18-34-24)17-25(30)27-12-6-9-21-7-4-3-5-8-21/h3-5,7-8,10-11,14,19-20H,6,9,12-13,15-18H2,1-2H3,(H,27,30)/t19-,20-/m1/s1. The fourth-order valence-electron chi connectivity index (χ4n) is 4.83. The van der Waals surface area contributed by atoms with Crippen LogP contribution in [0.2, 0.25) is 0 Å². The monoisotopic (exact) mass is 499 g/mol. The molecular weight excluding hydrogens is 466 g/mol. The lowest BCUT2D eigenvalue weighted by atomic mass is 9.94. The van der Waals surface area contributed by atoms with Gasteiger partial charge < -0.3 is 10.1 Å². The molecule has 2 heterocycles. The number of hydrogen-bond donors (Lipinski definition) is 1. The van der Waals surface area contributed by atoms with Gasteiger partial charge in [0.25, 0.3) is 5.91 Å². The minimum Gasteiger partial charge on any atom is -0.482 e. The summed E-state index contributed by atoms with van der Waals surface area (Å²) in [5.41, 5.74) is 1.50. The number of carbonyl (C=O) groups excluding carboxylic acids is 2. The van der Waals surface area contributed by atoms with Crippen molar-refractivity contribution in [1.82, 2.24) is 9.62 Å². The maximum absolute atomic E-state index is 13.4. The number of sulfonamides is 1. The van der Waals surface area contributed by atoms with Gasteiger partial charge in [-0.2, -0.15) is 4.31 Å². The molecule has 8 nitrogen and oxygen atoms in total. The van der Waals surface area contributed by atoms with Crippen molar-refractivity contribution in [3.63, 3.8) is 0 Å². The van der Waals surface area contributed by atoms with Crippen molar-refractivity contribution in [1.29, 1.82) is 0 Å². The molecule has 0 spiro atoms. The predicted octanol–water partition coefficient (Wildman–Crippen LogP) is 2.83. The van der Waals surface area contributed by atoms with E-state index in [1.165, 1.54) is 26.9 Å². The summed E-state index contributed by atoms with van der Waals surface area (Å²) < 4.78 is 33.8. The molecule has 0 saturated carbocycles. The predicted molar refractivity (Wildman–Crippen MR) is 134 cm³/mol. The number of carbonyl (C=O) groups is 2. The van der Waals surface area contributed by atoms with Gasteiger partial charge in [0.05, 0.1) is 10.6 Å². The third kappa shape index (κ3) is 6.02. The number of fused-ring (bicyclic) bond motifs is 1. The van der Waals surface area contributed by atoms with Crippen molar-refractivity contribution >= 4 is 27.5 Å². The topological polar surface area (TPSA) is 96.0 Å². The number of aryl methyl sites for hydroxylation is 1. The van der Waals surface area contributed by atoms with Gasteiger partial charge in [0, 0.05) is 19.6 Å². The van der Waals surface area contributed by atoms with Crippen LogP contribution >= 0.6 is 0 Å². The zero-order valence-corrected chi connectivity index (χ0v) is 21.1. The molecule has 2 aromatic rings. The Morgan fingerprint density at radius 3 is 2.51 bits per heavy atom. The van der Waals surface area contributed by atoms with E-state index in [0.717, 1.165) is 19.3 Å². The lowest BCUT2D eigenvalue weighted by Gasteiger charge is -2.34. The highest BCUT2D eigenvalue weighted by Gasteiger charge is 2.34. The minimum absolute atomic E-state index is 0.101. The second-order valence-electron chi connectivity index (χ2n) is 9.61. The molecule has 1 N–H and O–H groups in total. The van der Waals surface area contributed by atoms with Crippen LogP contribution in [0.3, 0.4) is 0 Å². The normalized spacial score (nSPS) is 20.7. The van der Waals surface area contributed by atoms with Crippen molar-refractivity contribution in [2.75, 3.05) is 37.7 Å². The molecule has 2 aliphatic heterocycles. The van der Waals surface area contributed by atoms with E-state index < -0.39 is 10.0 Å². The fraction of sp³-hybridized carbons (Fsp3) is 0.462. The average molecular weight is 500 g/mol. The summed E-state index contributed by atoms with van der Waals surface area (Å²) in [5, 5.41) is 2.86. The van der Waals surface area contributed by atoms with E-state index in [1.54, 1.807) is 6.07 Å². The number of ether oxygens (including phenoxy) is 1. The van der Waals surface area contributed by atoms with Gasteiger partial charge in [0.2, 0.25) is 15.9 Å². The van der Waals surface area contributed by atoms with Crippen LogP contribution in [0.15, 0.2) is 53.4 Å². The van der Waals surface area contributed by atoms with Gasteiger partial charge >= 0.3 is 0 Å². The zero-order valence-electron chi connectivity index (χ0n) is 20.3. The summed E-state index contributed by atoms with van der Waals surface area (Å²) in [6, 6.07) is 14.5. The quantitative estimate of drug-likeness (QED) is 0.564. The highest BCUT2D eigenvalue weighted by molar-refractivity contribution is 7.89. The van der Waals surface area contributed by atoms with E-state index in [2.05, 4.69) is 19.2 Å². The van der Waals surface area contributed by atoms with Crippen molar-refractivity contribution < 1.29 is 22.7 Å². The van der Waals surface area contributed by atoms with Gasteiger partial charge in [0.15, 0.2) is 6.61 Å². The smallest absolute Gasteiger partial charge is 0.265 e. The molecule has 0 aromatic heterocycles. The van der Waals surface area contributed by atoms with E-state index in [9.17, 15) is 18.0 Å². The van der Waals surface area contributed by atoms with Gasteiger partial charge in [-0.05, 0) is 54.9 Å². The van der Waals surface area contributed by atoms with Crippen LogP contribution in [0.4, 0.5) is 5.69 Å². The van der Waals surface area contributed by atoms with Crippen molar-refractivity contribution in [3.05, 3.63) is 54.1 Å². The Labute approximate surface area is 207 Å². The molecule has 2 aliphatic rings. The van der Waals surface area contributed by atoms with Crippen LogP contribution in [0.25, 0.3) is 0 Å². The minimum atomic E-state index is -3.74. The first-order valence-corrected chi connectivity index (χ1v) is 13.6. The Bertz CT molecular complexity index is 1160. The van der Waals surface area contributed by atoms with Gasteiger partial charge in [-0.3, -0.25) is 14.5 Å². The summed E-state index contributed by atoms with van der Waals surface area (Å²) >= 11 is 0. The number of piperidine rings is 1. The van der Waals surface area contributed by atoms with E-state index >= 15 is 0 Å². The molecule has 2 aromatic carbocycles.